The lowest BCUT2D eigenvalue weighted by Crippen LogP contribution is -2.38. The number of guanidine groups is 1. The minimum Gasteiger partial charge on any atom is -0.469 e. The Hall–Kier alpha value is -1.75. The Balaban J connectivity index is 2.51. The molecule has 5 nitrogen and oxygen atoms in total. The van der Waals surface area contributed by atoms with E-state index in [2.05, 4.69) is 20.4 Å². The van der Waals surface area contributed by atoms with E-state index in [0.29, 0.717) is 30.5 Å². The van der Waals surface area contributed by atoms with E-state index in [1.807, 2.05) is 31.2 Å². The molecule has 0 aliphatic carbocycles. The third-order valence-corrected chi connectivity index (χ3v) is 2.74. The number of carbonyl (C=O) groups excluding carboxylic acids is 1. The fourth-order valence-electron chi connectivity index (χ4n) is 1.53. The number of methoxy groups -OCH3 is 1. The van der Waals surface area contributed by atoms with E-state index in [1.165, 1.54) is 7.11 Å². The van der Waals surface area contributed by atoms with Gasteiger partial charge in [0.15, 0.2) is 5.96 Å². The summed E-state index contributed by atoms with van der Waals surface area (Å²) in [7, 11) is 1.38. The first-order chi connectivity index (χ1) is 9.65. The zero-order valence-electron chi connectivity index (χ0n) is 11.8. The van der Waals surface area contributed by atoms with Crippen LogP contribution in [0.2, 0.25) is 5.02 Å². The number of carbonyl (C=O) groups is 1. The summed E-state index contributed by atoms with van der Waals surface area (Å²) in [6.45, 7) is 3.73. The van der Waals surface area contributed by atoms with E-state index in [9.17, 15) is 4.79 Å². The van der Waals surface area contributed by atoms with Gasteiger partial charge in [0.25, 0.3) is 0 Å². The number of aliphatic imine (C=N–C) groups is 1. The van der Waals surface area contributed by atoms with Gasteiger partial charge in [-0.2, -0.15) is 0 Å². The maximum Gasteiger partial charge on any atom is 0.307 e. The second kappa shape index (κ2) is 9.20. The fraction of sp³-hybridized carbons (Fsp3) is 0.429. The van der Waals surface area contributed by atoms with Crippen molar-refractivity contribution in [2.24, 2.45) is 4.99 Å². The van der Waals surface area contributed by atoms with Crippen LogP contribution in [0.3, 0.4) is 0 Å². The summed E-state index contributed by atoms with van der Waals surface area (Å²) in [6, 6.07) is 7.57. The second-order valence-corrected chi connectivity index (χ2v) is 4.51. The minimum absolute atomic E-state index is 0.247. The molecule has 1 rings (SSSR count). The Labute approximate surface area is 124 Å². The number of halogens is 1. The van der Waals surface area contributed by atoms with Crippen molar-refractivity contribution in [2.45, 2.75) is 19.9 Å². The van der Waals surface area contributed by atoms with Gasteiger partial charge in [-0.3, -0.25) is 4.79 Å². The van der Waals surface area contributed by atoms with E-state index >= 15 is 0 Å². The first-order valence-electron chi connectivity index (χ1n) is 6.49. The lowest BCUT2D eigenvalue weighted by atomic mass is 10.2. The molecule has 0 amide bonds. The molecule has 0 radical (unpaired) electrons. The first-order valence-corrected chi connectivity index (χ1v) is 6.87. The van der Waals surface area contributed by atoms with Gasteiger partial charge in [-0.1, -0.05) is 23.7 Å². The molecule has 20 heavy (non-hydrogen) atoms. The molecular weight excluding hydrogens is 278 g/mol. The molecule has 1 aromatic carbocycles. The Bertz CT molecular complexity index is 463. The van der Waals surface area contributed by atoms with Crippen molar-refractivity contribution in [1.82, 2.24) is 10.6 Å². The predicted octanol–water partition coefficient (Wildman–Crippen LogP) is 1.96. The molecule has 0 aromatic heterocycles. The number of nitrogens with zero attached hydrogens (tertiary/aromatic N) is 1. The topological polar surface area (TPSA) is 62.7 Å². The molecule has 0 atom stereocenters. The Morgan fingerprint density at radius 2 is 2.20 bits per heavy atom. The lowest BCUT2D eigenvalue weighted by molar-refractivity contribution is -0.140. The summed E-state index contributed by atoms with van der Waals surface area (Å²) in [5, 5.41) is 6.88. The van der Waals surface area contributed by atoms with E-state index in [1.54, 1.807) is 0 Å². The van der Waals surface area contributed by atoms with Gasteiger partial charge in [0.05, 0.1) is 20.1 Å². The van der Waals surface area contributed by atoms with Gasteiger partial charge in [0, 0.05) is 18.1 Å². The van der Waals surface area contributed by atoms with Crippen molar-refractivity contribution in [3.05, 3.63) is 34.9 Å². The smallest absolute Gasteiger partial charge is 0.307 e. The summed E-state index contributed by atoms with van der Waals surface area (Å²) in [4.78, 5) is 15.5. The zero-order valence-corrected chi connectivity index (χ0v) is 12.5. The molecule has 0 bridgehead atoms. The molecule has 0 unspecified atom stereocenters. The SMILES string of the molecule is CCNC(=NCc1cccc(Cl)c1)NCCC(=O)OC. The molecule has 6 heteroatoms. The number of ether oxygens (including phenoxy) is 1. The monoisotopic (exact) mass is 297 g/mol. The third kappa shape index (κ3) is 6.43. The quantitative estimate of drug-likeness (QED) is 0.479. The van der Waals surface area contributed by atoms with Crippen LogP contribution < -0.4 is 10.6 Å². The van der Waals surface area contributed by atoms with E-state index in [-0.39, 0.29) is 5.97 Å². The summed E-state index contributed by atoms with van der Waals surface area (Å²) in [6.07, 6.45) is 0.304. The highest BCUT2D eigenvalue weighted by atomic mass is 35.5. The second-order valence-electron chi connectivity index (χ2n) is 4.08. The molecule has 0 aliphatic rings. The molecule has 0 heterocycles. The van der Waals surface area contributed by atoms with Gasteiger partial charge in [-0.15, -0.1) is 0 Å². The first kappa shape index (κ1) is 16.3. The number of hydrogen-bond acceptors (Lipinski definition) is 3. The van der Waals surface area contributed by atoms with Crippen LogP contribution in [0.5, 0.6) is 0 Å². The van der Waals surface area contributed by atoms with Crippen molar-refractivity contribution in [1.29, 1.82) is 0 Å². The van der Waals surface area contributed by atoms with Crippen molar-refractivity contribution in [3.8, 4) is 0 Å². The minimum atomic E-state index is -0.247. The van der Waals surface area contributed by atoms with Crippen molar-refractivity contribution in [3.63, 3.8) is 0 Å². The van der Waals surface area contributed by atoms with E-state index in [4.69, 9.17) is 11.6 Å². The predicted molar refractivity (Wildman–Crippen MR) is 80.9 cm³/mol. The molecule has 0 saturated carbocycles. The normalized spacial score (nSPS) is 11.1. The fourth-order valence-corrected chi connectivity index (χ4v) is 1.75. The van der Waals surface area contributed by atoms with Gasteiger partial charge in [0.1, 0.15) is 0 Å². The highest BCUT2D eigenvalue weighted by Crippen LogP contribution is 2.11. The highest BCUT2D eigenvalue weighted by molar-refractivity contribution is 6.30. The van der Waals surface area contributed by atoms with Gasteiger partial charge in [0.2, 0.25) is 0 Å². The van der Waals surface area contributed by atoms with Gasteiger partial charge < -0.3 is 15.4 Å². The maximum atomic E-state index is 11.0. The summed E-state index contributed by atoms with van der Waals surface area (Å²) < 4.78 is 4.58. The molecule has 0 fully saturated rings. The molecule has 0 spiro atoms. The van der Waals surface area contributed by atoms with Crippen molar-refractivity contribution < 1.29 is 9.53 Å². The molecular formula is C14H20ClN3O2. The summed E-state index contributed by atoms with van der Waals surface area (Å²) in [5.74, 6) is 0.416. The summed E-state index contributed by atoms with van der Waals surface area (Å²) in [5.41, 5.74) is 1.03. The zero-order chi connectivity index (χ0) is 14.8. The van der Waals surface area contributed by atoms with Crippen LogP contribution >= 0.6 is 11.6 Å². The molecule has 110 valence electrons. The van der Waals surface area contributed by atoms with Gasteiger partial charge >= 0.3 is 5.97 Å². The average molecular weight is 298 g/mol. The highest BCUT2D eigenvalue weighted by Gasteiger charge is 2.02. The Morgan fingerprint density at radius 1 is 1.40 bits per heavy atom. The third-order valence-electron chi connectivity index (χ3n) is 2.50. The summed E-state index contributed by atoms with van der Waals surface area (Å²) >= 11 is 5.92. The van der Waals surface area contributed by atoms with Crippen LogP contribution in [0.4, 0.5) is 0 Å². The molecule has 1 aromatic rings. The number of benzene rings is 1. The van der Waals surface area contributed by atoms with Crippen molar-refractivity contribution >= 4 is 23.5 Å². The molecule has 2 N–H and O–H groups in total. The van der Waals surface area contributed by atoms with Crippen LogP contribution in [-0.2, 0) is 16.1 Å². The van der Waals surface area contributed by atoms with Crippen LogP contribution in [0, 0.1) is 0 Å². The molecule has 0 aliphatic heterocycles. The van der Waals surface area contributed by atoms with Crippen LogP contribution in [0.15, 0.2) is 29.3 Å². The standard InChI is InChI=1S/C14H20ClN3O2/c1-3-16-14(17-8-7-13(19)20-2)18-10-11-5-4-6-12(15)9-11/h4-6,9H,3,7-8,10H2,1-2H3,(H2,16,17,18). The number of rotatable bonds is 6. The average Bonchev–Trinajstić information content (AvgIpc) is 2.44. The number of esters is 1. The van der Waals surface area contributed by atoms with Crippen LogP contribution in [-0.4, -0.2) is 32.1 Å². The lowest BCUT2D eigenvalue weighted by Gasteiger charge is -2.10. The number of nitrogens with one attached hydrogen (secondary N) is 2. The Kier molecular flexibility index (Phi) is 7.50. The maximum absolute atomic E-state index is 11.0. The Morgan fingerprint density at radius 3 is 2.85 bits per heavy atom. The van der Waals surface area contributed by atoms with Crippen LogP contribution in [0.25, 0.3) is 0 Å². The van der Waals surface area contributed by atoms with E-state index in [0.717, 1.165) is 12.1 Å². The van der Waals surface area contributed by atoms with Crippen molar-refractivity contribution in [2.75, 3.05) is 20.2 Å². The number of hydrogen-bond donors (Lipinski definition) is 2. The van der Waals surface area contributed by atoms with Crippen LogP contribution in [0.1, 0.15) is 18.9 Å². The molecule has 0 saturated heterocycles. The van der Waals surface area contributed by atoms with Gasteiger partial charge in [-0.05, 0) is 24.6 Å². The van der Waals surface area contributed by atoms with E-state index < -0.39 is 0 Å². The van der Waals surface area contributed by atoms with Gasteiger partial charge in [-0.25, -0.2) is 4.99 Å². The largest absolute Gasteiger partial charge is 0.469 e.